The van der Waals surface area contributed by atoms with E-state index in [1.54, 1.807) is 31.3 Å². The minimum Gasteiger partial charge on any atom is -0.384 e. The molecule has 1 aromatic carbocycles. The van der Waals surface area contributed by atoms with E-state index in [9.17, 15) is 14.0 Å². The molecule has 2 heterocycles. The molecular weight excluding hydrogens is 421 g/mol. The van der Waals surface area contributed by atoms with Crippen molar-refractivity contribution in [3.63, 3.8) is 0 Å². The summed E-state index contributed by atoms with van der Waals surface area (Å²) in [6.45, 7) is 3.92. The summed E-state index contributed by atoms with van der Waals surface area (Å²) in [5.74, 6) is -0.308. The zero-order valence-corrected chi connectivity index (χ0v) is 18.0. The Morgan fingerprint density at radius 2 is 1.94 bits per heavy atom. The number of rotatable bonds is 7. The summed E-state index contributed by atoms with van der Waals surface area (Å²) < 4.78 is 15.2. The highest BCUT2D eigenvalue weighted by molar-refractivity contribution is 6.30. The molecule has 0 aliphatic rings. The number of aromatic nitrogens is 2. The summed E-state index contributed by atoms with van der Waals surface area (Å²) in [6, 6.07) is 9.41. The number of nitrogens with zero attached hydrogens (tertiary/aromatic N) is 2. The van der Waals surface area contributed by atoms with Crippen LogP contribution >= 0.6 is 11.6 Å². The van der Waals surface area contributed by atoms with E-state index in [4.69, 9.17) is 17.3 Å². The van der Waals surface area contributed by atoms with Gasteiger partial charge in [-0.1, -0.05) is 17.7 Å². The molecule has 7 nitrogen and oxygen atoms in total. The van der Waals surface area contributed by atoms with E-state index in [1.165, 1.54) is 22.9 Å². The Hall–Kier alpha value is -3.39. The molecule has 162 valence electrons. The summed E-state index contributed by atoms with van der Waals surface area (Å²) in [6.07, 6.45) is 1.46. The standard InChI is InChI=1S/C22H23ClFN5O2/c1-13-7-8-29(27-12-16-9-17(23)4-5-19(16)24)22(31)18(13)10-21(30)26-11-15-3-6-20(25)28-14(15)2/h3-9,27H,10-12H2,1-2H3,(H2,25,28)(H,26,30). The van der Waals surface area contributed by atoms with E-state index < -0.39 is 5.82 Å². The largest absolute Gasteiger partial charge is 0.384 e. The van der Waals surface area contributed by atoms with Crippen molar-refractivity contribution in [2.24, 2.45) is 0 Å². The van der Waals surface area contributed by atoms with Gasteiger partial charge < -0.3 is 16.5 Å². The van der Waals surface area contributed by atoms with Gasteiger partial charge in [0.2, 0.25) is 5.91 Å². The van der Waals surface area contributed by atoms with Gasteiger partial charge in [-0.3, -0.25) is 9.59 Å². The molecular formula is C22H23ClFN5O2. The topological polar surface area (TPSA) is 102 Å². The number of hydrogen-bond acceptors (Lipinski definition) is 5. The second-order valence-electron chi connectivity index (χ2n) is 7.16. The van der Waals surface area contributed by atoms with E-state index in [0.717, 1.165) is 11.3 Å². The smallest absolute Gasteiger partial charge is 0.272 e. The normalized spacial score (nSPS) is 10.7. The first-order chi connectivity index (χ1) is 14.7. The van der Waals surface area contributed by atoms with Crippen LogP contribution in [0.5, 0.6) is 0 Å². The molecule has 0 aliphatic carbocycles. The van der Waals surface area contributed by atoms with Crippen molar-refractivity contribution in [2.45, 2.75) is 33.4 Å². The second-order valence-corrected chi connectivity index (χ2v) is 7.59. The number of pyridine rings is 2. The second kappa shape index (κ2) is 9.61. The number of nitrogens with two attached hydrogens (primary N) is 1. The first-order valence-corrected chi connectivity index (χ1v) is 10.00. The van der Waals surface area contributed by atoms with E-state index in [-0.39, 0.29) is 31.0 Å². The Bertz CT molecular complexity index is 1180. The molecule has 0 atom stereocenters. The first kappa shape index (κ1) is 22.3. The molecule has 0 radical (unpaired) electrons. The van der Waals surface area contributed by atoms with Gasteiger partial charge >= 0.3 is 0 Å². The van der Waals surface area contributed by atoms with Crippen LogP contribution in [0.15, 0.2) is 47.4 Å². The molecule has 0 unspecified atom stereocenters. The summed E-state index contributed by atoms with van der Waals surface area (Å²) in [5.41, 5.74) is 11.1. The molecule has 3 aromatic rings. The maximum absolute atomic E-state index is 13.9. The number of carbonyl (C=O) groups is 1. The molecule has 4 N–H and O–H groups in total. The van der Waals surface area contributed by atoms with Gasteiger partial charge in [0.15, 0.2) is 0 Å². The number of amides is 1. The number of carbonyl (C=O) groups excluding carboxylic acids is 1. The molecule has 0 fully saturated rings. The van der Waals surface area contributed by atoms with Crippen LogP contribution in [0, 0.1) is 19.7 Å². The lowest BCUT2D eigenvalue weighted by molar-refractivity contribution is -0.120. The third-order valence-corrected chi connectivity index (χ3v) is 5.14. The highest BCUT2D eigenvalue weighted by Gasteiger charge is 2.13. The Kier molecular flexibility index (Phi) is 6.91. The van der Waals surface area contributed by atoms with Gasteiger partial charge in [0.1, 0.15) is 11.6 Å². The first-order valence-electron chi connectivity index (χ1n) is 9.62. The zero-order valence-electron chi connectivity index (χ0n) is 17.2. The summed E-state index contributed by atoms with van der Waals surface area (Å²) >= 11 is 5.91. The monoisotopic (exact) mass is 443 g/mol. The molecule has 31 heavy (non-hydrogen) atoms. The summed E-state index contributed by atoms with van der Waals surface area (Å²) in [5, 5.41) is 3.20. The van der Waals surface area contributed by atoms with Crippen LogP contribution in [0.2, 0.25) is 5.02 Å². The van der Waals surface area contributed by atoms with Crippen LogP contribution in [0.25, 0.3) is 0 Å². The van der Waals surface area contributed by atoms with Crippen LogP contribution in [0.4, 0.5) is 10.2 Å². The van der Waals surface area contributed by atoms with Crippen molar-refractivity contribution in [1.82, 2.24) is 15.0 Å². The third-order valence-electron chi connectivity index (χ3n) is 4.90. The van der Waals surface area contributed by atoms with E-state index >= 15 is 0 Å². The number of halogens is 2. The maximum atomic E-state index is 13.9. The molecule has 9 heteroatoms. The van der Waals surface area contributed by atoms with Crippen LogP contribution in [-0.4, -0.2) is 15.6 Å². The van der Waals surface area contributed by atoms with Crippen molar-refractivity contribution < 1.29 is 9.18 Å². The lowest BCUT2D eigenvalue weighted by Crippen LogP contribution is -2.34. The van der Waals surface area contributed by atoms with E-state index in [0.29, 0.717) is 27.5 Å². The van der Waals surface area contributed by atoms with Crippen LogP contribution in [0.1, 0.15) is 27.9 Å². The average molecular weight is 444 g/mol. The van der Waals surface area contributed by atoms with Crippen molar-refractivity contribution in [3.8, 4) is 0 Å². The molecule has 3 rings (SSSR count). The van der Waals surface area contributed by atoms with Gasteiger partial charge in [-0.2, -0.15) is 0 Å². The van der Waals surface area contributed by atoms with Crippen LogP contribution in [0.3, 0.4) is 0 Å². The lowest BCUT2D eigenvalue weighted by Gasteiger charge is -2.14. The van der Waals surface area contributed by atoms with Gasteiger partial charge in [-0.15, -0.1) is 0 Å². The Balaban J connectivity index is 1.69. The van der Waals surface area contributed by atoms with Crippen molar-refractivity contribution in [1.29, 1.82) is 0 Å². The number of hydrogen-bond donors (Lipinski definition) is 3. The van der Waals surface area contributed by atoms with Gasteiger partial charge in [0, 0.05) is 34.6 Å². The SMILES string of the molecule is Cc1ccn(NCc2cc(Cl)ccc2F)c(=O)c1CC(=O)NCc1ccc(N)nc1C. The molecule has 2 aromatic heterocycles. The minimum absolute atomic E-state index is 0.0599. The fourth-order valence-electron chi connectivity index (χ4n) is 3.07. The molecule has 0 spiro atoms. The predicted molar refractivity (Wildman–Crippen MR) is 119 cm³/mol. The Labute approximate surface area is 184 Å². The number of benzene rings is 1. The highest BCUT2D eigenvalue weighted by atomic mass is 35.5. The number of nitrogens with one attached hydrogen (secondary N) is 2. The van der Waals surface area contributed by atoms with Gasteiger partial charge in [-0.05, 0) is 55.3 Å². The summed E-state index contributed by atoms with van der Waals surface area (Å²) in [4.78, 5) is 29.5. The third kappa shape index (κ3) is 5.61. The van der Waals surface area contributed by atoms with Gasteiger partial charge in [-0.25, -0.2) is 14.1 Å². The van der Waals surface area contributed by atoms with Crippen molar-refractivity contribution in [3.05, 3.63) is 91.7 Å². The van der Waals surface area contributed by atoms with Gasteiger partial charge in [0.05, 0.1) is 13.0 Å². The zero-order chi connectivity index (χ0) is 22.5. The highest BCUT2D eigenvalue weighted by Crippen LogP contribution is 2.15. The Morgan fingerprint density at radius 1 is 1.16 bits per heavy atom. The van der Waals surface area contributed by atoms with Crippen LogP contribution < -0.4 is 22.0 Å². The fraction of sp³-hybridized carbons (Fsp3) is 0.227. The van der Waals surface area contributed by atoms with E-state index in [2.05, 4.69) is 15.7 Å². The molecule has 1 amide bonds. The predicted octanol–water partition coefficient (Wildman–Crippen LogP) is 2.84. The minimum atomic E-state index is -0.427. The van der Waals surface area contributed by atoms with Crippen molar-refractivity contribution >= 4 is 23.3 Å². The number of anilines is 1. The fourth-order valence-corrected chi connectivity index (χ4v) is 3.27. The number of aryl methyl sites for hydroxylation is 2. The van der Waals surface area contributed by atoms with Gasteiger partial charge in [0.25, 0.3) is 5.56 Å². The average Bonchev–Trinajstić information content (AvgIpc) is 2.72. The Morgan fingerprint density at radius 3 is 2.68 bits per heavy atom. The number of nitrogen functional groups attached to an aromatic ring is 1. The quantitative estimate of drug-likeness (QED) is 0.521. The molecule has 0 aliphatic heterocycles. The molecule has 0 saturated carbocycles. The summed E-state index contributed by atoms with van der Waals surface area (Å²) in [7, 11) is 0. The van der Waals surface area contributed by atoms with Crippen molar-refractivity contribution in [2.75, 3.05) is 11.2 Å². The molecule has 0 saturated heterocycles. The lowest BCUT2D eigenvalue weighted by atomic mass is 10.1. The molecule has 0 bridgehead atoms. The van der Waals surface area contributed by atoms with Crippen LogP contribution in [-0.2, 0) is 24.3 Å². The maximum Gasteiger partial charge on any atom is 0.272 e. The van der Waals surface area contributed by atoms with E-state index in [1.807, 2.05) is 6.92 Å².